The fourth-order valence-electron chi connectivity index (χ4n) is 2.09. The van der Waals surface area contributed by atoms with Crippen molar-refractivity contribution in [3.05, 3.63) is 11.6 Å². The van der Waals surface area contributed by atoms with Gasteiger partial charge in [0.05, 0.1) is 0 Å². The first-order valence-corrected chi connectivity index (χ1v) is 7.23. The fraction of sp³-hybridized carbons (Fsp3) is 0.733. The van der Waals surface area contributed by atoms with Gasteiger partial charge in [0.25, 0.3) is 0 Å². The normalized spacial score (nSPS) is 17.1. The number of carbonyl (C=O) groups excluding carboxylic acids is 1. The maximum absolute atomic E-state index is 11.9. The zero-order chi connectivity index (χ0) is 15.3. The van der Waals surface area contributed by atoms with Crippen LogP contribution in [-0.2, 0) is 4.74 Å². The molecule has 1 amide bonds. The number of allylic oxidation sites excluding steroid dienone is 1. The van der Waals surface area contributed by atoms with Crippen molar-refractivity contribution in [2.24, 2.45) is 0 Å². The molecule has 1 aliphatic rings. The Kier molecular flexibility index (Phi) is 5.60. The summed E-state index contributed by atoms with van der Waals surface area (Å²) < 4.78 is 5.36. The highest BCUT2D eigenvalue weighted by molar-refractivity contribution is 5.95. The summed E-state index contributed by atoms with van der Waals surface area (Å²) in [6.07, 6.45) is 2.73. The van der Waals surface area contributed by atoms with E-state index in [0.717, 1.165) is 12.0 Å². The molecule has 114 valence electrons. The third kappa shape index (κ3) is 4.87. The van der Waals surface area contributed by atoms with Crippen molar-refractivity contribution in [2.75, 3.05) is 26.2 Å². The van der Waals surface area contributed by atoms with E-state index in [9.17, 15) is 4.79 Å². The molecule has 1 fully saturated rings. The molecule has 5 heteroatoms. The molecule has 0 atom stereocenters. The highest BCUT2D eigenvalue weighted by Gasteiger charge is 2.26. The Morgan fingerprint density at radius 1 is 1.20 bits per heavy atom. The van der Waals surface area contributed by atoms with Crippen LogP contribution in [0.15, 0.2) is 11.6 Å². The van der Waals surface area contributed by atoms with Crippen LogP contribution in [0, 0.1) is 5.41 Å². The van der Waals surface area contributed by atoms with Crippen molar-refractivity contribution in [2.45, 2.75) is 46.6 Å². The van der Waals surface area contributed by atoms with Crippen LogP contribution >= 0.6 is 0 Å². The first kappa shape index (κ1) is 16.5. The Bertz CT molecular complexity index is 388. The monoisotopic (exact) mass is 281 g/mol. The van der Waals surface area contributed by atoms with Gasteiger partial charge < -0.3 is 14.5 Å². The predicted octanol–water partition coefficient (Wildman–Crippen LogP) is 2.87. The molecule has 0 aromatic heterocycles. The average Bonchev–Trinajstić information content (AvgIpc) is 2.36. The van der Waals surface area contributed by atoms with Gasteiger partial charge >= 0.3 is 6.09 Å². The van der Waals surface area contributed by atoms with Crippen molar-refractivity contribution < 1.29 is 9.53 Å². The SMILES string of the molecule is CC/C=C(/C)C(=N)N1CCN(C(=O)OC(C)(C)C)CC1. The van der Waals surface area contributed by atoms with Crippen LogP contribution in [0.2, 0.25) is 0 Å². The maximum Gasteiger partial charge on any atom is 0.410 e. The zero-order valence-electron chi connectivity index (χ0n) is 13.3. The molecule has 0 aliphatic carbocycles. The standard InChI is InChI=1S/C15H27N3O2/c1-6-7-12(2)13(16)17-8-10-18(11-9-17)14(19)20-15(3,4)5/h7,16H,6,8-11H2,1-5H3/b12-7-,16-13?. The molecule has 1 N–H and O–H groups in total. The lowest BCUT2D eigenvalue weighted by Gasteiger charge is -2.36. The fourth-order valence-corrected chi connectivity index (χ4v) is 2.09. The summed E-state index contributed by atoms with van der Waals surface area (Å²) in [4.78, 5) is 15.7. The molecule has 1 rings (SSSR count). The number of hydrogen-bond donors (Lipinski definition) is 1. The van der Waals surface area contributed by atoms with E-state index >= 15 is 0 Å². The number of amides is 1. The summed E-state index contributed by atoms with van der Waals surface area (Å²) in [7, 11) is 0. The van der Waals surface area contributed by atoms with E-state index in [1.807, 2.05) is 32.6 Å². The van der Waals surface area contributed by atoms with Crippen molar-refractivity contribution >= 4 is 11.9 Å². The molecule has 1 heterocycles. The summed E-state index contributed by atoms with van der Waals surface area (Å²) in [5.41, 5.74) is 0.541. The molecule has 1 aliphatic heterocycles. The van der Waals surface area contributed by atoms with Crippen LogP contribution in [0.25, 0.3) is 0 Å². The Morgan fingerprint density at radius 2 is 1.70 bits per heavy atom. The molecule has 0 unspecified atom stereocenters. The molecule has 1 saturated heterocycles. The van der Waals surface area contributed by atoms with Crippen LogP contribution in [0.3, 0.4) is 0 Å². The molecule has 0 spiro atoms. The van der Waals surface area contributed by atoms with Gasteiger partial charge in [-0.3, -0.25) is 5.41 Å². The number of carbonyl (C=O) groups is 1. The summed E-state index contributed by atoms with van der Waals surface area (Å²) in [5, 5.41) is 8.13. The zero-order valence-corrected chi connectivity index (χ0v) is 13.3. The topological polar surface area (TPSA) is 56.6 Å². The molecular formula is C15H27N3O2. The van der Waals surface area contributed by atoms with Gasteiger partial charge in [0.1, 0.15) is 11.4 Å². The van der Waals surface area contributed by atoms with Gasteiger partial charge in [0.15, 0.2) is 0 Å². The maximum atomic E-state index is 11.9. The third-order valence-electron chi connectivity index (χ3n) is 3.13. The minimum absolute atomic E-state index is 0.260. The predicted molar refractivity (Wildman–Crippen MR) is 81.2 cm³/mol. The lowest BCUT2D eigenvalue weighted by Crippen LogP contribution is -2.51. The van der Waals surface area contributed by atoms with Crippen LogP contribution in [-0.4, -0.2) is 53.5 Å². The van der Waals surface area contributed by atoms with Crippen LogP contribution in [0.5, 0.6) is 0 Å². The Hall–Kier alpha value is -1.52. The minimum Gasteiger partial charge on any atom is -0.444 e. The average molecular weight is 281 g/mol. The smallest absolute Gasteiger partial charge is 0.410 e. The summed E-state index contributed by atoms with van der Waals surface area (Å²) in [6, 6.07) is 0. The van der Waals surface area contributed by atoms with E-state index in [1.165, 1.54) is 0 Å². The second kappa shape index (κ2) is 6.77. The van der Waals surface area contributed by atoms with E-state index in [1.54, 1.807) is 4.90 Å². The van der Waals surface area contributed by atoms with Crippen LogP contribution in [0.1, 0.15) is 41.0 Å². The van der Waals surface area contributed by atoms with Crippen LogP contribution < -0.4 is 0 Å². The number of nitrogens with zero attached hydrogens (tertiary/aromatic N) is 2. The van der Waals surface area contributed by atoms with E-state index in [0.29, 0.717) is 32.0 Å². The van der Waals surface area contributed by atoms with Gasteiger partial charge in [0.2, 0.25) is 0 Å². The van der Waals surface area contributed by atoms with Gasteiger partial charge in [-0.25, -0.2) is 4.79 Å². The molecular weight excluding hydrogens is 254 g/mol. The number of hydrogen-bond acceptors (Lipinski definition) is 3. The highest BCUT2D eigenvalue weighted by Crippen LogP contribution is 2.13. The van der Waals surface area contributed by atoms with Gasteiger partial charge in [-0.05, 0) is 39.7 Å². The molecule has 0 saturated carbocycles. The first-order valence-electron chi connectivity index (χ1n) is 7.23. The third-order valence-corrected chi connectivity index (χ3v) is 3.13. The first-order chi connectivity index (χ1) is 9.24. The van der Waals surface area contributed by atoms with E-state index in [-0.39, 0.29) is 6.09 Å². The number of rotatable bonds is 2. The molecule has 0 bridgehead atoms. The van der Waals surface area contributed by atoms with E-state index in [4.69, 9.17) is 10.1 Å². The number of amidine groups is 1. The minimum atomic E-state index is -0.457. The number of nitrogens with one attached hydrogen (secondary N) is 1. The summed E-state index contributed by atoms with van der Waals surface area (Å²) in [6.45, 7) is 12.2. The molecule has 0 radical (unpaired) electrons. The molecule has 20 heavy (non-hydrogen) atoms. The van der Waals surface area contributed by atoms with E-state index < -0.39 is 5.60 Å². The second-order valence-corrected chi connectivity index (χ2v) is 6.10. The highest BCUT2D eigenvalue weighted by atomic mass is 16.6. The van der Waals surface area contributed by atoms with Gasteiger partial charge in [-0.1, -0.05) is 13.0 Å². The van der Waals surface area contributed by atoms with Crippen molar-refractivity contribution in [3.63, 3.8) is 0 Å². The van der Waals surface area contributed by atoms with E-state index in [2.05, 4.69) is 13.0 Å². The molecule has 0 aromatic carbocycles. The quantitative estimate of drug-likeness (QED) is 0.625. The lowest BCUT2D eigenvalue weighted by atomic mass is 10.2. The Morgan fingerprint density at radius 3 is 2.15 bits per heavy atom. The summed E-state index contributed by atoms with van der Waals surface area (Å²) in [5.74, 6) is 0.565. The van der Waals surface area contributed by atoms with Gasteiger partial charge in [0, 0.05) is 26.2 Å². The van der Waals surface area contributed by atoms with Crippen molar-refractivity contribution in [1.29, 1.82) is 5.41 Å². The number of ether oxygens (including phenoxy) is 1. The number of piperazine rings is 1. The Balaban J connectivity index is 2.50. The van der Waals surface area contributed by atoms with Gasteiger partial charge in [-0.2, -0.15) is 0 Å². The lowest BCUT2D eigenvalue weighted by molar-refractivity contribution is 0.0187. The second-order valence-electron chi connectivity index (χ2n) is 6.10. The van der Waals surface area contributed by atoms with Crippen molar-refractivity contribution in [3.8, 4) is 0 Å². The van der Waals surface area contributed by atoms with Crippen molar-refractivity contribution in [1.82, 2.24) is 9.80 Å². The molecule has 5 nitrogen and oxygen atoms in total. The molecule has 0 aromatic rings. The largest absolute Gasteiger partial charge is 0.444 e. The van der Waals surface area contributed by atoms with Gasteiger partial charge in [-0.15, -0.1) is 0 Å². The Labute approximate surface area is 122 Å². The summed E-state index contributed by atoms with van der Waals surface area (Å²) >= 11 is 0. The van der Waals surface area contributed by atoms with Crippen LogP contribution in [0.4, 0.5) is 4.79 Å².